The fourth-order valence-electron chi connectivity index (χ4n) is 4.61. The largest absolute Gasteiger partial charge is 0.376 e. The number of nitrogens with one attached hydrogen (secondary N) is 1. The van der Waals surface area contributed by atoms with E-state index in [1.807, 2.05) is 42.5 Å². The smallest absolute Gasteiger partial charge is 0.247 e. The number of carbonyl (C=O) groups excluding carboxylic acids is 2. The van der Waals surface area contributed by atoms with Crippen molar-refractivity contribution in [1.82, 2.24) is 25.2 Å². The number of aromatic nitrogens is 3. The summed E-state index contributed by atoms with van der Waals surface area (Å²) in [7, 11) is 0. The molecule has 2 heterocycles. The van der Waals surface area contributed by atoms with E-state index in [0.29, 0.717) is 35.3 Å². The third-order valence-corrected chi connectivity index (χ3v) is 6.53. The van der Waals surface area contributed by atoms with Gasteiger partial charge in [-0.15, -0.1) is 5.10 Å². The Morgan fingerprint density at radius 3 is 2.59 bits per heavy atom. The molecule has 8 nitrogen and oxygen atoms in total. The van der Waals surface area contributed by atoms with Gasteiger partial charge in [0.25, 0.3) is 0 Å². The van der Waals surface area contributed by atoms with Crippen LogP contribution in [0, 0.1) is 5.82 Å². The first-order valence-electron chi connectivity index (χ1n) is 12.4. The van der Waals surface area contributed by atoms with Gasteiger partial charge in [-0.1, -0.05) is 65.9 Å². The van der Waals surface area contributed by atoms with Gasteiger partial charge in [-0.05, 0) is 36.6 Å². The van der Waals surface area contributed by atoms with Crippen molar-refractivity contribution in [3.05, 3.63) is 95.8 Å². The van der Waals surface area contributed by atoms with Gasteiger partial charge in [-0.3, -0.25) is 9.59 Å². The molecule has 0 unspecified atom stereocenters. The van der Waals surface area contributed by atoms with Crippen molar-refractivity contribution in [2.45, 2.75) is 38.1 Å². The molecule has 3 aromatic carbocycles. The normalized spacial score (nSPS) is 16.0. The summed E-state index contributed by atoms with van der Waals surface area (Å²) in [6, 6.07) is 21.7. The van der Waals surface area contributed by atoms with E-state index in [4.69, 9.17) is 4.74 Å². The van der Waals surface area contributed by atoms with Crippen LogP contribution in [-0.4, -0.2) is 51.0 Å². The predicted molar refractivity (Wildman–Crippen MR) is 136 cm³/mol. The van der Waals surface area contributed by atoms with Gasteiger partial charge in [0.05, 0.1) is 11.6 Å². The zero-order valence-corrected chi connectivity index (χ0v) is 20.3. The molecule has 0 spiro atoms. The van der Waals surface area contributed by atoms with Crippen LogP contribution in [-0.2, 0) is 27.4 Å². The average molecular weight is 502 g/mol. The van der Waals surface area contributed by atoms with Gasteiger partial charge in [0, 0.05) is 25.3 Å². The molecule has 1 N–H and O–H groups in total. The Bertz CT molecular complexity index is 1370. The number of amides is 2. The Morgan fingerprint density at radius 1 is 1.05 bits per heavy atom. The topological polar surface area (TPSA) is 89.4 Å². The highest BCUT2D eigenvalue weighted by Gasteiger charge is 2.33. The number of benzene rings is 3. The van der Waals surface area contributed by atoms with E-state index in [0.717, 1.165) is 12.8 Å². The number of halogens is 1. The molecule has 0 aliphatic carbocycles. The number of rotatable bonds is 9. The van der Waals surface area contributed by atoms with Gasteiger partial charge in [-0.25, -0.2) is 9.07 Å². The molecule has 9 heteroatoms. The highest BCUT2D eigenvalue weighted by Crippen LogP contribution is 2.26. The maximum absolute atomic E-state index is 14.7. The fraction of sp³-hybridized carbons (Fsp3) is 0.286. The Hall–Kier alpha value is -4.11. The summed E-state index contributed by atoms with van der Waals surface area (Å²) in [6.07, 6.45) is 1.76. The van der Waals surface area contributed by atoms with Crippen molar-refractivity contribution in [2.24, 2.45) is 0 Å². The zero-order valence-electron chi connectivity index (χ0n) is 20.3. The molecule has 4 aromatic rings. The number of nitrogens with zero attached hydrogens (tertiary/aromatic N) is 4. The maximum atomic E-state index is 14.7. The van der Waals surface area contributed by atoms with E-state index in [2.05, 4.69) is 15.6 Å². The second-order valence-electron chi connectivity index (χ2n) is 9.04. The summed E-state index contributed by atoms with van der Waals surface area (Å²) in [4.78, 5) is 28.9. The van der Waals surface area contributed by atoms with Crippen LogP contribution in [0.15, 0.2) is 78.9 Å². The molecule has 2 atom stereocenters. The van der Waals surface area contributed by atoms with Crippen molar-refractivity contribution in [3.8, 4) is 0 Å². The quantitative estimate of drug-likeness (QED) is 0.378. The van der Waals surface area contributed by atoms with Crippen LogP contribution in [0.4, 0.5) is 4.39 Å². The van der Waals surface area contributed by atoms with Crippen molar-refractivity contribution >= 4 is 22.8 Å². The van der Waals surface area contributed by atoms with Crippen LogP contribution in [0.1, 0.15) is 30.0 Å². The second kappa shape index (κ2) is 11.3. The molecule has 0 bridgehead atoms. The molecule has 0 radical (unpaired) electrons. The molecule has 5 rings (SSSR count). The molecular formula is C28H28FN5O3. The summed E-state index contributed by atoms with van der Waals surface area (Å²) >= 11 is 0. The van der Waals surface area contributed by atoms with Gasteiger partial charge >= 0.3 is 0 Å². The summed E-state index contributed by atoms with van der Waals surface area (Å²) in [6.45, 7) is 0.770. The molecule has 1 aliphatic rings. The molecule has 2 amide bonds. The van der Waals surface area contributed by atoms with Crippen LogP contribution in [0.5, 0.6) is 0 Å². The van der Waals surface area contributed by atoms with Crippen LogP contribution in [0.2, 0.25) is 0 Å². The number of hydrogen-bond acceptors (Lipinski definition) is 5. The summed E-state index contributed by atoms with van der Waals surface area (Å²) in [5.41, 5.74) is 2.29. The fourth-order valence-corrected chi connectivity index (χ4v) is 4.61. The summed E-state index contributed by atoms with van der Waals surface area (Å²) in [5.74, 6) is -1.19. The molecule has 1 aliphatic heterocycles. The minimum Gasteiger partial charge on any atom is -0.376 e. The lowest BCUT2D eigenvalue weighted by molar-refractivity contribution is -0.142. The molecular weight excluding hydrogens is 473 g/mol. The lowest BCUT2D eigenvalue weighted by atomic mass is 10.0. The zero-order chi connectivity index (χ0) is 25.6. The van der Waals surface area contributed by atoms with E-state index >= 15 is 0 Å². The minimum atomic E-state index is -0.982. The van der Waals surface area contributed by atoms with Crippen molar-refractivity contribution < 1.29 is 18.7 Å². The molecule has 0 saturated carbocycles. The van der Waals surface area contributed by atoms with E-state index in [1.54, 1.807) is 30.3 Å². The lowest BCUT2D eigenvalue weighted by Crippen LogP contribution is -2.46. The first kappa shape index (κ1) is 24.6. The lowest BCUT2D eigenvalue weighted by Gasteiger charge is -2.32. The molecule has 1 aromatic heterocycles. The monoisotopic (exact) mass is 501 g/mol. The Labute approximate surface area is 214 Å². The molecule has 1 fully saturated rings. The van der Waals surface area contributed by atoms with Gasteiger partial charge in [0.15, 0.2) is 0 Å². The molecule has 1 saturated heterocycles. The van der Waals surface area contributed by atoms with Crippen LogP contribution in [0.25, 0.3) is 11.0 Å². The van der Waals surface area contributed by atoms with E-state index in [1.165, 1.54) is 15.6 Å². The highest BCUT2D eigenvalue weighted by molar-refractivity contribution is 5.89. The standard InChI is InChI=1S/C28H28FN5O3/c29-23-13-5-4-11-21(23)18-33(26(35)19-34-25-15-7-6-14-24(25)31-32-34)27(20-9-2-1-3-10-20)28(36)30-17-22-12-8-16-37-22/h1-7,9-11,13-15,22,27H,8,12,16-19H2,(H,30,36)/t22-,27+/m0/s1. The number of para-hydroxylation sites is 1. The number of hydrogen-bond donors (Lipinski definition) is 1. The molecule has 37 heavy (non-hydrogen) atoms. The first-order chi connectivity index (χ1) is 18.1. The maximum Gasteiger partial charge on any atom is 0.247 e. The predicted octanol–water partition coefficient (Wildman–Crippen LogP) is 3.64. The van der Waals surface area contributed by atoms with E-state index in [9.17, 15) is 14.0 Å². The van der Waals surface area contributed by atoms with Gasteiger partial charge in [0.2, 0.25) is 11.8 Å². The van der Waals surface area contributed by atoms with E-state index < -0.39 is 11.9 Å². The van der Waals surface area contributed by atoms with Crippen molar-refractivity contribution in [1.29, 1.82) is 0 Å². The second-order valence-corrected chi connectivity index (χ2v) is 9.04. The third-order valence-electron chi connectivity index (χ3n) is 6.53. The summed E-state index contributed by atoms with van der Waals surface area (Å²) in [5, 5.41) is 11.2. The SMILES string of the molecule is O=C(NC[C@@H]1CCCO1)[C@@H](c1ccccc1)N(Cc1ccccc1F)C(=O)Cn1nnc2ccccc21. The van der Waals surface area contributed by atoms with Gasteiger partial charge in [-0.2, -0.15) is 0 Å². The number of fused-ring (bicyclic) bond motifs is 1. The highest BCUT2D eigenvalue weighted by atomic mass is 19.1. The third kappa shape index (κ3) is 5.67. The Kier molecular flexibility index (Phi) is 7.51. The van der Waals surface area contributed by atoms with Crippen LogP contribution >= 0.6 is 0 Å². The van der Waals surface area contributed by atoms with Crippen molar-refractivity contribution in [3.63, 3.8) is 0 Å². The number of ether oxygens (including phenoxy) is 1. The van der Waals surface area contributed by atoms with Crippen molar-refractivity contribution in [2.75, 3.05) is 13.2 Å². The van der Waals surface area contributed by atoms with E-state index in [-0.39, 0.29) is 31.0 Å². The minimum absolute atomic E-state index is 0.0578. The molecule has 190 valence electrons. The van der Waals surface area contributed by atoms with Crippen LogP contribution < -0.4 is 5.32 Å². The van der Waals surface area contributed by atoms with Gasteiger partial charge < -0.3 is 15.0 Å². The van der Waals surface area contributed by atoms with Crippen LogP contribution in [0.3, 0.4) is 0 Å². The summed E-state index contributed by atoms with van der Waals surface area (Å²) < 4.78 is 21.9. The Balaban J connectivity index is 1.49. The average Bonchev–Trinajstić information content (AvgIpc) is 3.59. The first-order valence-corrected chi connectivity index (χ1v) is 12.4. The Morgan fingerprint density at radius 2 is 1.81 bits per heavy atom. The number of carbonyl (C=O) groups is 2. The van der Waals surface area contributed by atoms with Gasteiger partial charge in [0.1, 0.15) is 23.9 Å².